The van der Waals surface area contributed by atoms with Gasteiger partial charge in [0.1, 0.15) is 23.3 Å². The van der Waals surface area contributed by atoms with Crippen molar-refractivity contribution in [1.29, 1.82) is 5.26 Å². The molecule has 0 heterocycles. The van der Waals surface area contributed by atoms with Gasteiger partial charge in [-0.3, -0.25) is 4.79 Å². The average molecular weight is 300 g/mol. The van der Waals surface area contributed by atoms with E-state index < -0.39 is 33.3 Å². The van der Waals surface area contributed by atoms with Crippen LogP contribution in [0, 0.1) is 17.1 Å². The van der Waals surface area contributed by atoms with E-state index in [0.717, 1.165) is 22.5 Å². The number of hydrogen-bond donors (Lipinski definition) is 1. The van der Waals surface area contributed by atoms with Gasteiger partial charge in [-0.25, -0.2) is 12.8 Å². The van der Waals surface area contributed by atoms with Crippen LogP contribution < -0.4 is 0 Å². The summed E-state index contributed by atoms with van der Waals surface area (Å²) >= 11 is 0. The summed E-state index contributed by atoms with van der Waals surface area (Å²) in [7, 11) is -4.15. The Labute approximate surface area is 116 Å². The SMILES string of the molecule is CCCN(CC(=O)O)S(=O)(=O)c1ccc(F)cc1C#N. The third-order valence-corrected chi connectivity index (χ3v) is 4.37. The van der Waals surface area contributed by atoms with Crippen molar-refractivity contribution in [2.24, 2.45) is 0 Å². The van der Waals surface area contributed by atoms with E-state index in [1.54, 1.807) is 13.0 Å². The third-order valence-electron chi connectivity index (χ3n) is 2.46. The van der Waals surface area contributed by atoms with Crippen LogP contribution in [0.3, 0.4) is 0 Å². The maximum atomic E-state index is 13.0. The van der Waals surface area contributed by atoms with Crippen LogP contribution in [0.2, 0.25) is 0 Å². The molecule has 0 spiro atoms. The van der Waals surface area contributed by atoms with E-state index in [4.69, 9.17) is 10.4 Å². The number of carboxylic acids is 1. The number of aliphatic carboxylic acids is 1. The number of halogens is 1. The molecule has 0 radical (unpaired) electrons. The summed E-state index contributed by atoms with van der Waals surface area (Å²) in [6, 6.07) is 4.28. The minimum Gasteiger partial charge on any atom is -0.480 e. The topological polar surface area (TPSA) is 98.5 Å². The molecule has 0 aliphatic carbocycles. The van der Waals surface area contributed by atoms with E-state index in [1.165, 1.54) is 0 Å². The standard InChI is InChI=1S/C12H13FN2O4S/c1-2-5-15(8-12(16)17)20(18,19)11-4-3-10(13)6-9(11)7-14/h3-4,6H,2,5,8H2,1H3,(H,16,17). The fourth-order valence-corrected chi connectivity index (χ4v) is 3.24. The predicted octanol–water partition coefficient (Wildman–Crippen LogP) is 1.18. The first-order valence-electron chi connectivity index (χ1n) is 5.74. The van der Waals surface area contributed by atoms with E-state index >= 15 is 0 Å². The molecule has 1 rings (SSSR count). The molecular formula is C12H13FN2O4S. The number of carboxylic acid groups (broad SMARTS) is 1. The Balaban J connectivity index is 3.33. The lowest BCUT2D eigenvalue weighted by molar-refractivity contribution is -0.137. The van der Waals surface area contributed by atoms with Crippen LogP contribution in [0.15, 0.2) is 23.1 Å². The summed E-state index contributed by atoms with van der Waals surface area (Å²) < 4.78 is 38.5. The lowest BCUT2D eigenvalue weighted by Gasteiger charge is -2.20. The second kappa shape index (κ2) is 6.45. The molecule has 1 aromatic carbocycles. The second-order valence-corrected chi connectivity index (χ2v) is 5.89. The summed E-state index contributed by atoms with van der Waals surface area (Å²) in [6.07, 6.45) is 0.412. The van der Waals surface area contributed by atoms with Crippen molar-refractivity contribution in [3.63, 3.8) is 0 Å². The Bertz CT molecular complexity index is 652. The van der Waals surface area contributed by atoms with E-state index in [-0.39, 0.29) is 12.1 Å². The van der Waals surface area contributed by atoms with Crippen LogP contribution in [0.5, 0.6) is 0 Å². The maximum absolute atomic E-state index is 13.0. The molecule has 108 valence electrons. The van der Waals surface area contributed by atoms with E-state index in [1.807, 2.05) is 0 Å². The number of nitrogens with zero attached hydrogens (tertiary/aromatic N) is 2. The van der Waals surface area contributed by atoms with Crippen LogP contribution in [-0.2, 0) is 14.8 Å². The van der Waals surface area contributed by atoms with Gasteiger partial charge in [-0.05, 0) is 24.6 Å². The van der Waals surface area contributed by atoms with E-state index in [2.05, 4.69) is 0 Å². The second-order valence-electron chi connectivity index (χ2n) is 3.98. The number of sulfonamides is 1. The smallest absolute Gasteiger partial charge is 0.318 e. The molecule has 0 atom stereocenters. The van der Waals surface area contributed by atoms with Gasteiger partial charge < -0.3 is 5.11 Å². The first-order valence-corrected chi connectivity index (χ1v) is 7.18. The summed E-state index contributed by atoms with van der Waals surface area (Å²) in [6.45, 7) is 0.982. The number of nitriles is 1. The Morgan fingerprint density at radius 2 is 2.15 bits per heavy atom. The Kier molecular flexibility index (Phi) is 5.19. The van der Waals surface area contributed by atoms with Crippen molar-refractivity contribution in [3.8, 4) is 6.07 Å². The quantitative estimate of drug-likeness (QED) is 0.850. The molecular weight excluding hydrogens is 287 g/mol. The van der Waals surface area contributed by atoms with Crippen molar-refractivity contribution < 1.29 is 22.7 Å². The summed E-state index contributed by atoms with van der Waals surface area (Å²) in [4.78, 5) is 10.3. The number of rotatable bonds is 6. The Hall–Kier alpha value is -1.98. The molecule has 0 saturated heterocycles. The lowest BCUT2D eigenvalue weighted by atomic mass is 10.2. The molecule has 0 fully saturated rings. The van der Waals surface area contributed by atoms with Crippen molar-refractivity contribution in [2.75, 3.05) is 13.1 Å². The van der Waals surface area contributed by atoms with Gasteiger partial charge in [-0.15, -0.1) is 0 Å². The van der Waals surface area contributed by atoms with Crippen LogP contribution in [-0.4, -0.2) is 36.9 Å². The monoisotopic (exact) mass is 300 g/mol. The van der Waals surface area contributed by atoms with Gasteiger partial charge in [0.05, 0.1) is 5.56 Å². The highest BCUT2D eigenvalue weighted by molar-refractivity contribution is 7.89. The third kappa shape index (κ3) is 3.53. The zero-order chi connectivity index (χ0) is 15.3. The first-order chi connectivity index (χ1) is 9.32. The largest absolute Gasteiger partial charge is 0.480 e. The molecule has 8 heteroatoms. The normalized spacial score (nSPS) is 11.3. The number of benzene rings is 1. The number of carbonyl (C=O) groups is 1. The van der Waals surface area contributed by atoms with Crippen LogP contribution in [0.4, 0.5) is 4.39 Å². The molecule has 0 unspecified atom stereocenters. The summed E-state index contributed by atoms with van der Waals surface area (Å²) in [5.74, 6) is -2.04. The molecule has 6 nitrogen and oxygen atoms in total. The Morgan fingerprint density at radius 3 is 2.65 bits per heavy atom. The molecule has 1 aromatic rings. The number of hydrogen-bond acceptors (Lipinski definition) is 4. The molecule has 0 saturated carbocycles. The predicted molar refractivity (Wildman–Crippen MR) is 67.8 cm³/mol. The van der Waals surface area contributed by atoms with Crippen molar-refractivity contribution >= 4 is 16.0 Å². The van der Waals surface area contributed by atoms with Gasteiger partial charge in [-0.2, -0.15) is 9.57 Å². The van der Waals surface area contributed by atoms with Gasteiger partial charge in [-0.1, -0.05) is 6.92 Å². The van der Waals surface area contributed by atoms with Crippen LogP contribution in [0.25, 0.3) is 0 Å². The zero-order valence-corrected chi connectivity index (χ0v) is 11.5. The van der Waals surface area contributed by atoms with E-state index in [9.17, 15) is 17.6 Å². The average Bonchev–Trinajstić information content (AvgIpc) is 2.37. The fourth-order valence-electron chi connectivity index (χ4n) is 1.64. The van der Waals surface area contributed by atoms with Crippen molar-refractivity contribution in [3.05, 3.63) is 29.6 Å². The van der Waals surface area contributed by atoms with Crippen molar-refractivity contribution in [2.45, 2.75) is 18.2 Å². The molecule has 0 amide bonds. The lowest BCUT2D eigenvalue weighted by Crippen LogP contribution is -2.36. The highest BCUT2D eigenvalue weighted by Crippen LogP contribution is 2.21. The highest BCUT2D eigenvalue weighted by atomic mass is 32.2. The summed E-state index contributed by atoms with van der Waals surface area (Å²) in [5, 5.41) is 17.6. The molecule has 20 heavy (non-hydrogen) atoms. The first kappa shape index (κ1) is 16.1. The van der Waals surface area contributed by atoms with Crippen LogP contribution in [0.1, 0.15) is 18.9 Å². The van der Waals surface area contributed by atoms with Gasteiger partial charge in [0.2, 0.25) is 10.0 Å². The van der Waals surface area contributed by atoms with Crippen molar-refractivity contribution in [1.82, 2.24) is 4.31 Å². The molecule has 0 aromatic heterocycles. The molecule has 0 aliphatic heterocycles. The summed E-state index contributed by atoms with van der Waals surface area (Å²) in [5.41, 5.74) is -0.350. The van der Waals surface area contributed by atoms with Gasteiger partial charge >= 0.3 is 5.97 Å². The maximum Gasteiger partial charge on any atom is 0.318 e. The zero-order valence-electron chi connectivity index (χ0n) is 10.7. The highest BCUT2D eigenvalue weighted by Gasteiger charge is 2.28. The molecule has 0 aliphatic rings. The fraction of sp³-hybridized carbons (Fsp3) is 0.333. The molecule has 1 N–H and O–H groups in total. The minimum absolute atomic E-state index is 0.00310. The van der Waals surface area contributed by atoms with Crippen LogP contribution >= 0.6 is 0 Å². The minimum atomic E-state index is -4.15. The van der Waals surface area contributed by atoms with Gasteiger partial charge in [0, 0.05) is 6.54 Å². The van der Waals surface area contributed by atoms with E-state index in [0.29, 0.717) is 6.42 Å². The van der Waals surface area contributed by atoms with Gasteiger partial charge in [0.25, 0.3) is 0 Å². The Morgan fingerprint density at radius 1 is 1.50 bits per heavy atom. The molecule has 0 bridgehead atoms. The van der Waals surface area contributed by atoms with Gasteiger partial charge in [0.15, 0.2) is 0 Å².